The number of rotatable bonds is 4. The van der Waals surface area contributed by atoms with Crippen molar-refractivity contribution in [2.45, 2.75) is 39.7 Å². The van der Waals surface area contributed by atoms with Gasteiger partial charge in [0.2, 0.25) is 0 Å². The summed E-state index contributed by atoms with van der Waals surface area (Å²) in [6.45, 7) is 8.91. The van der Waals surface area contributed by atoms with E-state index in [-0.39, 0.29) is 17.5 Å². The van der Waals surface area contributed by atoms with Gasteiger partial charge in [-0.1, -0.05) is 18.8 Å². The number of carboxylic acid groups (broad SMARTS) is 1. The highest BCUT2D eigenvalue weighted by Crippen LogP contribution is 2.06. The van der Waals surface area contributed by atoms with Crippen molar-refractivity contribution in [3.63, 3.8) is 0 Å². The molecular formula is C28H33F2N3O5. The third-order valence-corrected chi connectivity index (χ3v) is 3.67. The lowest BCUT2D eigenvalue weighted by atomic mass is 10.2. The van der Waals surface area contributed by atoms with Crippen molar-refractivity contribution in [3.8, 4) is 23.7 Å². The number of amides is 2. The number of ether oxygens (including phenoxy) is 1. The zero-order valence-electron chi connectivity index (χ0n) is 21.9. The monoisotopic (exact) mass is 529 g/mol. The number of alkyl carbamates (subject to hydrolysis) is 1. The predicted molar refractivity (Wildman–Crippen MR) is 141 cm³/mol. The second-order valence-corrected chi connectivity index (χ2v) is 8.29. The SMILES string of the molecule is CC(C)(C)OC(=O)NCCN.CCCNC(=O)C#Cc1ccc(F)cc1.O=C(O)C#Cc1ccc(F)cc1. The molecule has 0 saturated heterocycles. The summed E-state index contributed by atoms with van der Waals surface area (Å²) in [5.74, 6) is 7.19. The molecule has 2 aromatic carbocycles. The van der Waals surface area contributed by atoms with Crippen LogP contribution in [-0.2, 0) is 14.3 Å². The lowest BCUT2D eigenvalue weighted by Gasteiger charge is -2.19. The number of hydrogen-bond acceptors (Lipinski definition) is 5. The highest BCUT2D eigenvalue weighted by atomic mass is 19.1. The highest BCUT2D eigenvalue weighted by molar-refractivity contribution is 5.94. The van der Waals surface area contributed by atoms with Gasteiger partial charge in [0.25, 0.3) is 5.91 Å². The van der Waals surface area contributed by atoms with Gasteiger partial charge in [-0.3, -0.25) is 4.79 Å². The second-order valence-electron chi connectivity index (χ2n) is 8.29. The minimum Gasteiger partial charge on any atom is -0.472 e. The summed E-state index contributed by atoms with van der Waals surface area (Å²) in [4.78, 5) is 31.9. The first kappa shape index (κ1) is 33.6. The molecule has 2 amide bonds. The van der Waals surface area contributed by atoms with Gasteiger partial charge in [-0.15, -0.1) is 0 Å². The summed E-state index contributed by atoms with van der Waals surface area (Å²) in [5, 5.41) is 13.3. The average molecular weight is 530 g/mol. The topological polar surface area (TPSA) is 131 Å². The van der Waals surface area contributed by atoms with E-state index in [1.807, 2.05) is 33.6 Å². The van der Waals surface area contributed by atoms with Crippen molar-refractivity contribution >= 4 is 18.0 Å². The van der Waals surface area contributed by atoms with E-state index in [9.17, 15) is 23.2 Å². The molecule has 0 unspecified atom stereocenters. The predicted octanol–water partition coefficient (Wildman–Crippen LogP) is 3.44. The number of halogens is 2. The first-order valence-corrected chi connectivity index (χ1v) is 11.6. The Hall–Kier alpha value is -4.41. The van der Waals surface area contributed by atoms with Crippen molar-refractivity contribution < 1.29 is 33.0 Å². The smallest absolute Gasteiger partial charge is 0.407 e. The van der Waals surface area contributed by atoms with Crippen LogP contribution >= 0.6 is 0 Å². The summed E-state index contributed by atoms with van der Waals surface area (Å²) in [6, 6.07) is 11.0. The fourth-order valence-corrected chi connectivity index (χ4v) is 2.09. The van der Waals surface area contributed by atoms with Crippen LogP contribution in [0, 0.1) is 35.3 Å². The Morgan fingerprint density at radius 3 is 1.74 bits per heavy atom. The molecule has 8 nitrogen and oxygen atoms in total. The van der Waals surface area contributed by atoms with E-state index in [1.165, 1.54) is 48.5 Å². The fourth-order valence-electron chi connectivity index (χ4n) is 2.09. The molecule has 204 valence electrons. The molecule has 0 bridgehead atoms. The number of carboxylic acids is 1. The van der Waals surface area contributed by atoms with E-state index in [0.29, 0.717) is 30.8 Å². The molecule has 38 heavy (non-hydrogen) atoms. The first-order valence-electron chi connectivity index (χ1n) is 11.6. The van der Waals surface area contributed by atoms with Crippen LogP contribution in [0.5, 0.6) is 0 Å². The molecule has 0 aliphatic heterocycles. The summed E-state index contributed by atoms with van der Waals surface area (Å²) in [6.07, 6.45) is 0.465. The summed E-state index contributed by atoms with van der Waals surface area (Å²) >= 11 is 0. The van der Waals surface area contributed by atoms with Crippen molar-refractivity contribution in [3.05, 3.63) is 71.3 Å². The zero-order chi connectivity index (χ0) is 29.0. The molecule has 0 fully saturated rings. The Bertz CT molecular complexity index is 1140. The summed E-state index contributed by atoms with van der Waals surface area (Å²) in [5.41, 5.74) is 5.85. The van der Waals surface area contributed by atoms with Crippen molar-refractivity contribution in [1.82, 2.24) is 10.6 Å². The quantitative estimate of drug-likeness (QED) is 0.449. The third-order valence-electron chi connectivity index (χ3n) is 3.67. The van der Waals surface area contributed by atoms with Gasteiger partial charge < -0.3 is 26.2 Å². The molecule has 10 heteroatoms. The molecule has 0 aromatic heterocycles. The number of nitrogens with one attached hydrogen (secondary N) is 2. The van der Waals surface area contributed by atoms with Crippen molar-refractivity contribution in [2.75, 3.05) is 19.6 Å². The number of hydrogen-bond donors (Lipinski definition) is 4. The van der Waals surface area contributed by atoms with Crippen LogP contribution in [0.25, 0.3) is 0 Å². The van der Waals surface area contributed by atoms with Gasteiger partial charge in [0.15, 0.2) is 0 Å². The largest absolute Gasteiger partial charge is 0.472 e. The van der Waals surface area contributed by atoms with Crippen molar-refractivity contribution in [2.24, 2.45) is 5.73 Å². The molecule has 0 atom stereocenters. The molecule has 5 N–H and O–H groups in total. The number of carbonyl (C=O) groups is 3. The maximum absolute atomic E-state index is 12.5. The second kappa shape index (κ2) is 18.8. The molecule has 0 aliphatic carbocycles. The van der Waals surface area contributed by atoms with E-state index >= 15 is 0 Å². The normalized spacial score (nSPS) is 9.34. The van der Waals surface area contributed by atoms with Crippen LogP contribution in [0.1, 0.15) is 45.2 Å². The molecular weight excluding hydrogens is 496 g/mol. The van der Waals surface area contributed by atoms with Crippen LogP contribution in [-0.4, -0.2) is 48.3 Å². The molecule has 0 saturated carbocycles. The third kappa shape index (κ3) is 19.8. The van der Waals surface area contributed by atoms with Gasteiger partial charge in [-0.25, -0.2) is 18.4 Å². The van der Waals surface area contributed by atoms with E-state index in [2.05, 4.69) is 28.4 Å². The van der Waals surface area contributed by atoms with Gasteiger partial charge in [-0.2, -0.15) is 0 Å². The van der Waals surface area contributed by atoms with Gasteiger partial charge in [0.1, 0.15) is 17.2 Å². The zero-order valence-corrected chi connectivity index (χ0v) is 21.9. The lowest BCUT2D eigenvalue weighted by molar-refractivity contribution is -0.130. The molecule has 0 aliphatic rings. The van der Waals surface area contributed by atoms with E-state index in [0.717, 1.165) is 6.42 Å². The molecule has 0 heterocycles. The number of nitrogens with two attached hydrogens (primary N) is 1. The number of aliphatic carboxylic acids is 1. The van der Waals surface area contributed by atoms with E-state index < -0.39 is 17.7 Å². The van der Waals surface area contributed by atoms with E-state index in [4.69, 9.17) is 15.6 Å². The molecule has 2 aromatic rings. The highest BCUT2D eigenvalue weighted by Gasteiger charge is 2.14. The molecule has 2 rings (SSSR count). The first-order chi connectivity index (χ1) is 17.9. The standard InChI is InChI=1S/C12H12FNO.C9H5FO2.C7H16N2O2/c1-2-9-14-12(15)8-5-10-3-6-11(13)7-4-10;10-8-4-1-7(2-5-8)3-6-9(11)12;1-7(2,3)11-6(10)9-5-4-8/h3-4,6-7H,2,9H2,1H3,(H,14,15);1-2,4-5H,(H,11,12);4-5,8H2,1-3H3,(H,9,10). The lowest BCUT2D eigenvalue weighted by Crippen LogP contribution is -2.35. The average Bonchev–Trinajstić information content (AvgIpc) is 2.85. The Balaban J connectivity index is 0.000000549. The fraction of sp³-hybridized carbons (Fsp3) is 0.321. The Morgan fingerprint density at radius 2 is 1.34 bits per heavy atom. The Morgan fingerprint density at radius 1 is 0.868 bits per heavy atom. The van der Waals surface area contributed by atoms with Gasteiger partial charge >= 0.3 is 12.1 Å². The van der Waals surface area contributed by atoms with Gasteiger partial charge in [0.05, 0.1) is 0 Å². The maximum atomic E-state index is 12.5. The van der Waals surface area contributed by atoms with Crippen LogP contribution in [0.4, 0.5) is 13.6 Å². The summed E-state index contributed by atoms with van der Waals surface area (Å²) in [7, 11) is 0. The van der Waals surface area contributed by atoms with Crippen LogP contribution in [0.2, 0.25) is 0 Å². The van der Waals surface area contributed by atoms with Gasteiger partial charge in [-0.05, 0) is 75.7 Å². The van der Waals surface area contributed by atoms with Crippen LogP contribution in [0.3, 0.4) is 0 Å². The molecule has 0 radical (unpaired) electrons. The number of carbonyl (C=O) groups excluding carboxylic acids is 2. The Kier molecular flexibility index (Phi) is 16.6. The van der Waals surface area contributed by atoms with Gasteiger partial charge in [0, 0.05) is 42.6 Å². The van der Waals surface area contributed by atoms with Crippen LogP contribution < -0.4 is 16.4 Å². The maximum Gasteiger partial charge on any atom is 0.407 e. The number of benzene rings is 2. The van der Waals surface area contributed by atoms with E-state index in [1.54, 1.807) is 0 Å². The summed E-state index contributed by atoms with van der Waals surface area (Å²) < 4.78 is 29.8. The molecule has 0 spiro atoms. The van der Waals surface area contributed by atoms with Crippen LogP contribution in [0.15, 0.2) is 48.5 Å². The minimum atomic E-state index is -1.20. The Labute approximate surface area is 222 Å². The minimum absolute atomic E-state index is 0.304. The van der Waals surface area contributed by atoms with Crippen molar-refractivity contribution in [1.29, 1.82) is 0 Å².